The van der Waals surface area contributed by atoms with Crippen molar-refractivity contribution in [2.24, 2.45) is 0 Å². The summed E-state index contributed by atoms with van der Waals surface area (Å²) in [4.78, 5) is 0. The molecule has 1 aromatic carbocycles. The van der Waals surface area contributed by atoms with Crippen LogP contribution >= 0.6 is 15.9 Å². The van der Waals surface area contributed by atoms with Gasteiger partial charge in [0.05, 0.1) is 5.54 Å². The molecule has 0 aliphatic carbocycles. The average molecular weight is 273 g/mol. The number of hydrogen-bond donors (Lipinski definition) is 2. The Balaban J connectivity index is 2.38. The first-order valence-corrected chi connectivity index (χ1v) is 5.82. The summed E-state index contributed by atoms with van der Waals surface area (Å²) >= 11 is 3.37. The molecule has 1 aliphatic heterocycles. The highest BCUT2D eigenvalue weighted by Gasteiger charge is 2.30. The van der Waals surface area contributed by atoms with Gasteiger partial charge in [0.1, 0.15) is 5.82 Å². The maximum atomic E-state index is 13.7. The van der Waals surface area contributed by atoms with Crippen LogP contribution in [0.15, 0.2) is 22.7 Å². The van der Waals surface area contributed by atoms with E-state index >= 15 is 0 Å². The maximum absolute atomic E-state index is 13.7. The quantitative estimate of drug-likeness (QED) is 0.817. The molecule has 0 bridgehead atoms. The lowest BCUT2D eigenvalue weighted by Gasteiger charge is -2.36. The second-order valence-corrected chi connectivity index (χ2v) is 4.98. The molecule has 0 spiro atoms. The topological polar surface area (TPSA) is 24.1 Å². The Bertz CT molecular complexity index is 362. The van der Waals surface area contributed by atoms with Gasteiger partial charge in [-0.3, -0.25) is 0 Å². The summed E-state index contributed by atoms with van der Waals surface area (Å²) in [5.41, 5.74) is 0.399. The van der Waals surface area contributed by atoms with Gasteiger partial charge in [-0.2, -0.15) is 0 Å². The van der Waals surface area contributed by atoms with Crippen molar-refractivity contribution in [2.75, 3.05) is 19.6 Å². The number of piperazine rings is 1. The average Bonchev–Trinajstić information content (AvgIpc) is 2.23. The molecule has 82 valence electrons. The molecular formula is C11H14BrFN2. The molecule has 1 aromatic rings. The molecule has 1 atom stereocenters. The van der Waals surface area contributed by atoms with Gasteiger partial charge in [-0.25, -0.2) is 4.39 Å². The summed E-state index contributed by atoms with van der Waals surface area (Å²) in [5, 5.41) is 6.63. The minimum atomic E-state index is -0.313. The first-order valence-electron chi connectivity index (χ1n) is 5.03. The predicted octanol–water partition coefficient (Wildman–Crippen LogP) is 2.00. The molecule has 0 saturated carbocycles. The Morgan fingerprint density at radius 1 is 1.40 bits per heavy atom. The molecule has 2 N–H and O–H groups in total. The van der Waals surface area contributed by atoms with Crippen molar-refractivity contribution in [1.82, 2.24) is 10.6 Å². The standard InChI is InChI=1S/C11H14BrFN2/c1-11(7-14-4-5-15-11)9-6-8(12)2-3-10(9)13/h2-3,6,14-15H,4-5,7H2,1H3. The highest BCUT2D eigenvalue weighted by atomic mass is 79.9. The third kappa shape index (κ3) is 2.22. The van der Waals surface area contributed by atoms with Crippen LogP contribution in [-0.2, 0) is 5.54 Å². The Morgan fingerprint density at radius 3 is 2.87 bits per heavy atom. The first kappa shape index (κ1) is 11.0. The molecule has 1 heterocycles. The van der Waals surface area contributed by atoms with E-state index in [2.05, 4.69) is 26.6 Å². The van der Waals surface area contributed by atoms with Crippen molar-refractivity contribution in [3.05, 3.63) is 34.1 Å². The zero-order valence-corrected chi connectivity index (χ0v) is 10.2. The highest BCUT2D eigenvalue weighted by Crippen LogP contribution is 2.27. The van der Waals surface area contributed by atoms with Gasteiger partial charge < -0.3 is 10.6 Å². The monoisotopic (exact) mass is 272 g/mol. The summed E-state index contributed by atoms with van der Waals surface area (Å²) in [5.74, 6) is -0.156. The van der Waals surface area contributed by atoms with E-state index in [0.717, 1.165) is 24.1 Å². The summed E-state index contributed by atoms with van der Waals surface area (Å²) in [6, 6.07) is 5.06. The van der Waals surface area contributed by atoms with Gasteiger partial charge in [0.25, 0.3) is 0 Å². The lowest BCUT2D eigenvalue weighted by molar-refractivity contribution is 0.293. The summed E-state index contributed by atoms with van der Waals surface area (Å²) < 4.78 is 14.6. The molecule has 1 saturated heterocycles. The van der Waals surface area contributed by atoms with E-state index in [1.165, 1.54) is 6.07 Å². The van der Waals surface area contributed by atoms with Crippen LogP contribution in [0, 0.1) is 5.82 Å². The van der Waals surface area contributed by atoms with E-state index in [0.29, 0.717) is 5.56 Å². The van der Waals surface area contributed by atoms with Gasteiger partial charge in [0.15, 0.2) is 0 Å². The van der Waals surface area contributed by atoms with Gasteiger partial charge in [0.2, 0.25) is 0 Å². The smallest absolute Gasteiger partial charge is 0.128 e. The third-order valence-electron chi connectivity index (χ3n) is 2.82. The van der Waals surface area contributed by atoms with E-state index in [4.69, 9.17) is 0 Å². The van der Waals surface area contributed by atoms with Gasteiger partial charge in [0, 0.05) is 29.7 Å². The SMILES string of the molecule is CC1(c2cc(Br)ccc2F)CNCCN1. The van der Waals surface area contributed by atoms with Crippen LogP contribution in [0.1, 0.15) is 12.5 Å². The summed E-state index contributed by atoms with van der Waals surface area (Å²) in [7, 11) is 0. The van der Waals surface area contributed by atoms with Crippen molar-refractivity contribution in [2.45, 2.75) is 12.5 Å². The van der Waals surface area contributed by atoms with Crippen LogP contribution in [0.3, 0.4) is 0 Å². The Morgan fingerprint density at radius 2 is 2.20 bits per heavy atom. The van der Waals surface area contributed by atoms with Crippen molar-refractivity contribution in [1.29, 1.82) is 0 Å². The highest BCUT2D eigenvalue weighted by molar-refractivity contribution is 9.10. The van der Waals surface area contributed by atoms with E-state index in [-0.39, 0.29) is 11.4 Å². The Labute approximate surface area is 97.4 Å². The molecule has 0 amide bonds. The van der Waals surface area contributed by atoms with Crippen LogP contribution in [0.5, 0.6) is 0 Å². The number of rotatable bonds is 1. The van der Waals surface area contributed by atoms with Crippen LogP contribution in [0.2, 0.25) is 0 Å². The van der Waals surface area contributed by atoms with E-state index in [9.17, 15) is 4.39 Å². The van der Waals surface area contributed by atoms with Crippen LogP contribution < -0.4 is 10.6 Å². The van der Waals surface area contributed by atoms with Gasteiger partial charge in [-0.1, -0.05) is 15.9 Å². The number of benzene rings is 1. The van der Waals surface area contributed by atoms with Crippen LogP contribution in [0.25, 0.3) is 0 Å². The molecule has 2 rings (SSSR count). The van der Waals surface area contributed by atoms with Crippen LogP contribution in [-0.4, -0.2) is 19.6 Å². The molecule has 15 heavy (non-hydrogen) atoms. The molecule has 0 aromatic heterocycles. The normalized spacial score (nSPS) is 26.6. The second-order valence-electron chi connectivity index (χ2n) is 4.06. The lowest BCUT2D eigenvalue weighted by atomic mass is 9.90. The maximum Gasteiger partial charge on any atom is 0.128 e. The second kappa shape index (κ2) is 4.20. The molecule has 4 heteroatoms. The number of halogens is 2. The van der Waals surface area contributed by atoms with E-state index in [1.807, 2.05) is 13.0 Å². The molecule has 1 unspecified atom stereocenters. The van der Waals surface area contributed by atoms with Crippen LogP contribution in [0.4, 0.5) is 4.39 Å². The van der Waals surface area contributed by atoms with E-state index in [1.54, 1.807) is 6.07 Å². The Hall–Kier alpha value is -0.450. The van der Waals surface area contributed by atoms with Crippen molar-refractivity contribution >= 4 is 15.9 Å². The number of hydrogen-bond acceptors (Lipinski definition) is 2. The largest absolute Gasteiger partial charge is 0.313 e. The zero-order valence-electron chi connectivity index (χ0n) is 8.61. The minimum Gasteiger partial charge on any atom is -0.313 e. The molecule has 0 radical (unpaired) electrons. The minimum absolute atomic E-state index is 0.156. The lowest BCUT2D eigenvalue weighted by Crippen LogP contribution is -2.55. The van der Waals surface area contributed by atoms with E-state index < -0.39 is 0 Å². The first-order chi connectivity index (χ1) is 7.12. The van der Waals surface area contributed by atoms with Crippen molar-refractivity contribution in [3.8, 4) is 0 Å². The summed E-state index contributed by atoms with van der Waals surface area (Å²) in [6.07, 6.45) is 0. The van der Waals surface area contributed by atoms with Gasteiger partial charge in [-0.15, -0.1) is 0 Å². The van der Waals surface area contributed by atoms with Gasteiger partial charge in [-0.05, 0) is 25.1 Å². The number of nitrogens with one attached hydrogen (secondary N) is 2. The molecular weight excluding hydrogens is 259 g/mol. The van der Waals surface area contributed by atoms with Crippen molar-refractivity contribution in [3.63, 3.8) is 0 Å². The Kier molecular flexibility index (Phi) is 3.09. The predicted molar refractivity (Wildman–Crippen MR) is 62.3 cm³/mol. The zero-order chi connectivity index (χ0) is 10.9. The third-order valence-corrected chi connectivity index (χ3v) is 3.31. The van der Waals surface area contributed by atoms with Crippen molar-refractivity contribution < 1.29 is 4.39 Å². The molecule has 1 aliphatic rings. The van der Waals surface area contributed by atoms with Gasteiger partial charge >= 0.3 is 0 Å². The molecule has 2 nitrogen and oxygen atoms in total. The fraction of sp³-hybridized carbons (Fsp3) is 0.455. The molecule has 1 fully saturated rings. The summed E-state index contributed by atoms with van der Waals surface area (Å²) in [6.45, 7) is 4.57. The fourth-order valence-corrected chi connectivity index (χ4v) is 2.30. The fourth-order valence-electron chi connectivity index (χ4n) is 1.94.